The van der Waals surface area contributed by atoms with Crippen molar-refractivity contribution in [3.05, 3.63) is 35.9 Å². The molecule has 4 nitrogen and oxygen atoms in total. The molecule has 0 spiro atoms. The first-order valence-corrected chi connectivity index (χ1v) is 9.53. The minimum atomic E-state index is 0.00173. The first kappa shape index (κ1) is 17.4. The van der Waals surface area contributed by atoms with E-state index in [1.54, 1.807) is 0 Å². The highest BCUT2D eigenvalue weighted by atomic mass is 16.2. The third-order valence-corrected chi connectivity index (χ3v) is 5.60. The summed E-state index contributed by atoms with van der Waals surface area (Å²) in [6.45, 7) is 7.29. The van der Waals surface area contributed by atoms with Crippen LogP contribution in [-0.2, 0) is 11.2 Å². The second kappa shape index (κ2) is 8.63. The Morgan fingerprint density at radius 2 is 1.79 bits per heavy atom. The Morgan fingerprint density at radius 3 is 2.46 bits per heavy atom. The van der Waals surface area contributed by atoms with Gasteiger partial charge in [0, 0.05) is 38.8 Å². The summed E-state index contributed by atoms with van der Waals surface area (Å²) in [7, 11) is 0. The molecular weight excluding hydrogens is 298 g/mol. The predicted molar refractivity (Wildman–Crippen MR) is 98.0 cm³/mol. The number of rotatable bonds is 6. The van der Waals surface area contributed by atoms with Crippen LogP contribution in [0.4, 0.5) is 0 Å². The SMILES string of the molecule is C[C@H](C(=O)NC1CCCC1)N1CCN(CCc2ccccc2)CC1. The lowest BCUT2D eigenvalue weighted by Crippen LogP contribution is -2.55. The number of piperazine rings is 1. The maximum absolute atomic E-state index is 12.4. The Hall–Kier alpha value is -1.39. The molecule has 1 heterocycles. The second-order valence-electron chi connectivity index (χ2n) is 7.28. The van der Waals surface area contributed by atoms with Gasteiger partial charge in [0.25, 0.3) is 0 Å². The molecule has 3 rings (SSSR count). The van der Waals surface area contributed by atoms with Crippen molar-refractivity contribution in [1.82, 2.24) is 15.1 Å². The lowest BCUT2D eigenvalue weighted by Gasteiger charge is -2.37. The normalized spacial score (nSPS) is 21.7. The fourth-order valence-electron chi connectivity index (χ4n) is 3.86. The van der Waals surface area contributed by atoms with Gasteiger partial charge >= 0.3 is 0 Å². The number of nitrogens with one attached hydrogen (secondary N) is 1. The van der Waals surface area contributed by atoms with Crippen LogP contribution in [0.15, 0.2) is 30.3 Å². The molecule has 1 atom stereocenters. The van der Waals surface area contributed by atoms with Crippen molar-refractivity contribution in [1.29, 1.82) is 0 Å². The fraction of sp³-hybridized carbons (Fsp3) is 0.650. The zero-order valence-corrected chi connectivity index (χ0v) is 14.9. The highest BCUT2D eigenvalue weighted by molar-refractivity contribution is 5.81. The van der Waals surface area contributed by atoms with Crippen molar-refractivity contribution >= 4 is 5.91 Å². The molecule has 1 aliphatic carbocycles. The molecule has 2 fully saturated rings. The molecule has 1 aromatic rings. The number of carbonyl (C=O) groups excluding carboxylic acids is 1. The van der Waals surface area contributed by atoms with Crippen LogP contribution in [0.25, 0.3) is 0 Å². The summed E-state index contributed by atoms with van der Waals surface area (Å²) in [4.78, 5) is 17.3. The number of benzene rings is 1. The van der Waals surface area contributed by atoms with Crippen molar-refractivity contribution in [2.75, 3.05) is 32.7 Å². The smallest absolute Gasteiger partial charge is 0.237 e. The Morgan fingerprint density at radius 1 is 1.12 bits per heavy atom. The van der Waals surface area contributed by atoms with Gasteiger partial charge in [-0.15, -0.1) is 0 Å². The highest BCUT2D eigenvalue weighted by Gasteiger charge is 2.27. The zero-order chi connectivity index (χ0) is 16.8. The van der Waals surface area contributed by atoms with Crippen LogP contribution in [-0.4, -0.2) is 60.5 Å². The van der Waals surface area contributed by atoms with Crippen LogP contribution < -0.4 is 5.32 Å². The predicted octanol–water partition coefficient (Wildman–Crippen LogP) is 2.29. The van der Waals surface area contributed by atoms with E-state index in [4.69, 9.17) is 0 Å². The molecule has 1 saturated carbocycles. The van der Waals surface area contributed by atoms with Crippen LogP contribution in [0.1, 0.15) is 38.2 Å². The maximum Gasteiger partial charge on any atom is 0.237 e. The average Bonchev–Trinajstić information content (AvgIpc) is 3.13. The molecule has 0 radical (unpaired) electrons. The highest BCUT2D eigenvalue weighted by Crippen LogP contribution is 2.18. The number of hydrogen-bond donors (Lipinski definition) is 1. The summed E-state index contributed by atoms with van der Waals surface area (Å²) in [5.74, 6) is 0.222. The van der Waals surface area contributed by atoms with Gasteiger partial charge < -0.3 is 10.2 Å². The van der Waals surface area contributed by atoms with Gasteiger partial charge in [0.2, 0.25) is 5.91 Å². The first-order valence-electron chi connectivity index (χ1n) is 9.53. The van der Waals surface area contributed by atoms with Gasteiger partial charge in [-0.05, 0) is 31.7 Å². The molecule has 0 aromatic heterocycles. The third-order valence-electron chi connectivity index (χ3n) is 5.60. The van der Waals surface area contributed by atoms with E-state index in [-0.39, 0.29) is 11.9 Å². The topological polar surface area (TPSA) is 35.6 Å². The molecule has 1 aliphatic heterocycles. The van der Waals surface area contributed by atoms with Crippen molar-refractivity contribution in [3.8, 4) is 0 Å². The van der Waals surface area contributed by atoms with Crippen molar-refractivity contribution in [3.63, 3.8) is 0 Å². The molecule has 132 valence electrons. The van der Waals surface area contributed by atoms with E-state index in [9.17, 15) is 4.79 Å². The Labute approximate surface area is 146 Å². The molecule has 1 saturated heterocycles. The fourth-order valence-corrected chi connectivity index (χ4v) is 3.86. The molecule has 0 unspecified atom stereocenters. The van der Waals surface area contributed by atoms with Crippen molar-refractivity contribution in [2.24, 2.45) is 0 Å². The monoisotopic (exact) mass is 329 g/mol. The second-order valence-corrected chi connectivity index (χ2v) is 7.28. The molecule has 0 bridgehead atoms. The largest absolute Gasteiger partial charge is 0.352 e. The Balaban J connectivity index is 1.38. The summed E-state index contributed by atoms with van der Waals surface area (Å²) < 4.78 is 0. The quantitative estimate of drug-likeness (QED) is 0.870. The lowest BCUT2D eigenvalue weighted by molar-refractivity contribution is -0.127. The summed E-state index contributed by atoms with van der Waals surface area (Å²) in [6, 6.07) is 11.1. The van der Waals surface area contributed by atoms with Crippen LogP contribution in [0, 0.1) is 0 Å². The van der Waals surface area contributed by atoms with Gasteiger partial charge in [0.15, 0.2) is 0 Å². The van der Waals surface area contributed by atoms with Gasteiger partial charge in [0.05, 0.1) is 6.04 Å². The Kier molecular flexibility index (Phi) is 6.27. The van der Waals surface area contributed by atoms with Crippen LogP contribution in [0.5, 0.6) is 0 Å². The maximum atomic E-state index is 12.4. The van der Waals surface area contributed by atoms with E-state index in [1.807, 2.05) is 0 Å². The summed E-state index contributed by atoms with van der Waals surface area (Å²) in [5, 5.41) is 3.24. The van der Waals surface area contributed by atoms with E-state index in [0.29, 0.717) is 6.04 Å². The van der Waals surface area contributed by atoms with Gasteiger partial charge in [-0.25, -0.2) is 0 Å². The van der Waals surface area contributed by atoms with Crippen LogP contribution in [0.3, 0.4) is 0 Å². The molecule has 2 aliphatic rings. The van der Waals surface area contributed by atoms with E-state index in [2.05, 4.69) is 52.4 Å². The molecule has 4 heteroatoms. The van der Waals surface area contributed by atoms with E-state index in [0.717, 1.165) is 52.0 Å². The summed E-state index contributed by atoms with van der Waals surface area (Å²) in [5.41, 5.74) is 1.41. The molecular formula is C20H31N3O. The number of carbonyl (C=O) groups is 1. The standard InChI is InChI=1S/C20H31N3O/c1-17(20(24)21-19-9-5-6-10-19)23-15-13-22(14-16-23)12-11-18-7-3-2-4-8-18/h2-4,7-8,17,19H,5-6,9-16H2,1H3,(H,21,24)/t17-/m1/s1. The lowest BCUT2D eigenvalue weighted by atomic mass is 10.1. The third kappa shape index (κ3) is 4.81. The summed E-state index contributed by atoms with van der Waals surface area (Å²) >= 11 is 0. The number of hydrogen-bond acceptors (Lipinski definition) is 3. The first-order chi connectivity index (χ1) is 11.7. The number of nitrogens with zero attached hydrogens (tertiary/aromatic N) is 2. The van der Waals surface area contributed by atoms with Crippen molar-refractivity contribution in [2.45, 2.75) is 51.1 Å². The van der Waals surface area contributed by atoms with Crippen molar-refractivity contribution < 1.29 is 4.79 Å². The van der Waals surface area contributed by atoms with E-state index in [1.165, 1.54) is 18.4 Å². The minimum absolute atomic E-state index is 0.00173. The van der Waals surface area contributed by atoms with E-state index < -0.39 is 0 Å². The zero-order valence-electron chi connectivity index (χ0n) is 14.9. The van der Waals surface area contributed by atoms with Crippen LogP contribution in [0.2, 0.25) is 0 Å². The van der Waals surface area contributed by atoms with Gasteiger partial charge in [-0.2, -0.15) is 0 Å². The number of amides is 1. The summed E-state index contributed by atoms with van der Waals surface area (Å²) in [6.07, 6.45) is 5.95. The molecule has 24 heavy (non-hydrogen) atoms. The van der Waals surface area contributed by atoms with E-state index >= 15 is 0 Å². The van der Waals surface area contributed by atoms with Gasteiger partial charge in [-0.1, -0.05) is 43.2 Å². The Bertz CT molecular complexity index is 505. The molecule has 1 amide bonds. The van der Waals surface area contributed by atoms with Gasteiger partial charge in [0.1, 0.15) is 0 Å². The average molecular weight is 329 g/mol. The van der Waals surface area contributed by atoms with Crippen LogP contribution >= 0.6 is 0 Å². The molecule has 1 N–H and O–H groups in total. The van der Waals surface area contributed by atoms with Gasteiger partial charge in [-0.3, -0.25) is 9.69 Å². The molecule has 1 aromatic carbocycles. The minimum Gasteiger partial charge on any atom is -0.352 e.